The van der Waals surface area contributed by atoms with Crippen LogP contribution in [0.4, 0.5) is 5.13 Å². The second kappa shape index (κ2) is 7.71. The van der Waals surface area contributed by atoms with E-state index in [2.05, 4.69) is 32.9 Å². The maximum Gasteiger partial charge on any atom is 0.289 e. The van der Waals surface area contributed by atoms with Crippen LogP contribution in [-0.4, -0.2) is 43.1 Å². The Labute approximate surface area is 177 Å². The summed E-state index contributed by atoms with van der Waals surface area (Å²) >= 11 is 4.49. The van der Waals surface area contributed by atoms with Gasteiger partial charge in [0, 0.05) is 33.3 Å². The van der Waals surface area contributed by atoms with Crippen molar-refractivity contribution in [1.82, 2.24) is 15.8 Å². The average Bonchev–Trinajstić information content (AvgIpc) is 3.47. The molecule has 7 nitrogen and oxygen atoms in total. The molecule has 0 unspecified atom stereocenters. The zero-order chi connectivity index (χ0) is 19.8. The van der Waals surface area contributed by atoms with E-state index in [0.29, 0.717) is 18.1 Å². The molecule has 0 aliphatic carbocycles. The van der Waals surface area contributed by atoms with E-state index in [1.54, 1.807) is 16.7 Å². The van der Waals surface area contributed by atoms with E-state index in [1.807, 2.05) is 18.2 Å². The van der Waals surface area contributed by atoms with Gasteiger partial charge in [-0.05, 0) is 12.1 Å². The highest BCUT2D eigenvalue weighted by Crippen LogP contribution is 2.39. The number of aromatic nitrogens is 1. The first-order valence-electron chi connectivity index (χ1n) is 8.99. The van der Waals surface area contributed by atoms with E-state index in [1.165, 1.54) is 27.4 Å². The Morgan fingerprint density at radius 3 is 2.69 bits per heavy atom. The fraction of sp³-hybridized carbons (Fsp3) is 0.211. The van der Waals surface area contributed by atoms with Crippen LogP contribution in [-0.2, 0) is 4.74 Å². The number of hydrogen-bond acceptors (Lipinski definition) is 8. The van der Waals surface area contributed by atoms with Gasteiger partial charge in [0.25, 0.3) is 11.8 Å². The summed E-state index contributed by atoms with van der Waals surface area (Å²) in [6, 6.07) is 10.0. The Morgan fingerprint density at radius 1 is 1.03 bits per heavy atom. The fourth-order valence-corrected chi connectivity index (χ4v) is 6.40. The molecular formula is C19H16N4O3S3. The molecule has 4 aromatic rings. The Hall–Kier alpha value is -2.53. The summed E-state index contributed by atoms with van der Waals surface area (Å²) in [6.45, 7) is 2.83. The van der Waals surface area contributed by atoms with Crippen molar-refractivity contribution in [3.63, 3.8) is 0 Å². The number of nitrogens with zero attached hydrogens (tertiary/aromatic N) is 2. The molecule has 0 bridgehead atoms. The predicted molar refractivity (Wildman–Crippen MR) is 117 cm³/mol. The van der Waals surface area contributed by atoms with Crippen molar-refractivity contribution >= 4 is 70.4 Å². The second-order valence-electron chi connectivity index (χ2n) is 6.43. The van der Waals surface area contributed by atoms with Crippen LogP contribution in [0.3, 0.4) is 0 Å². The molecule has 10 heteroatoms. The molecule has 1 aromatic carbocycles. The lowest BCUT2D eigenvalue weighted by atomic mass is 10.2. The molecule has 0 saturated carbocycles. The van der Waals surface area contributed by atoms with Gasteiger partial charge in [-0.2, -0.15) is 0 Å². The van der Waals surface area contributed by atoms with Crippen LogP contribution in [0.1, 0.15) is 20.2 Å². The van der Waals surface area contributed by atoms with Gasteiger partial charge in [0.2, 0.25) is 0 Å². The number of amides is 2. The van der Waals surface area contributed by atoms with E-state index in [-0.39, 0.29) is 11.6 Å². The van der Waals surface area contributed by atoms with Gasteiger partial charge in [0.1, 0.15) is 5.69 Å². The van der Waals surface area contributed by atoms with Gasteiger partial charge < -0.3 is 9.64 Å². The Kier molecular flexibility index (Phi) is 4.92. The lowest BCUT2D eigenvalue weighted by Crippen LogP contribution is -2.41. The summed E-state index contributed by atoms with van der Waals surface area (Å²) in [6.07, 6.45) is 0. The van der Waals surface area contributed by atoms with Crippen molar-refractivity contribution in [3.8, 4) is 0 Å². The summed E-state index contributed by atoms with van der Waals surface area (Å²) < 4.78 is 8.70. The number of thiazole rings is 1. The second-order valence-corrected chi connectivity index (χ2v) is 9.40. The first-order chi connectivity index (χ1) is 14.2. The van der Waals surface area contributed by atoms with Gasteiger partial charge >= 0.3 is 0 Å². The molecule has 0 spiro atoms. The van der Waals surface area contributed by atoms with Gasteiger partial charge in [-0.15, -0.1) is 34.0 Å². The lowest BCUT2D eigenvalue weighted by Gasteiger charge is -2.25. The quantitative estimate of drug-likeness (QED) is 0.473. The standard InChI is InChI=1S/C19H16N4O3S3/c24-17(12-10-27-19(20-12)23-5-7-26-8-6-23)21-22-18(25)15-9-14-16(29-15)11-3-1-2-4-13(11)28-14/h1-4,9-10H,5-8H2,(H,21,24)(H,22,25). The van der Waals surface area contributed by atoms with Crippen molar-refractivity contribution in [1.29, 1.82) is 0 Å². The molecule has 148 valence electrons. The SMILES string of the molecule is O=C(NNC(=O)c1cc2sc3ccccc3c2s1)c1csc(N2CCOCC2)n1. The first kappa shape index (κ1) is 18.5. The highest BCUT2D eigenvalue weighted by Gasteiger charge is 2.19. The molecule has 4 heterocycles. The maximum atomic E-state index is 12.5. The lowest BCUT2D eigenvalue weighted by molar-refractivity contribution is 0.0846. The number of benzene rings is 1. The summed E-state index contributed by atoms with van der Waals surface area (Å²) in [5, 5.41) is 3.63. The Bertz CT molecular complexity index is 1210. The zero-order valence-corrected chi connectivity index (χ0v) is 17.6. The first-order valence-corrected chi connectivity index (χ1v) is 11.5. The van der Waals surface area contributed by atoms with Crippen molar-refractivity contribution in [3.05, 3.63) is 46.3 Å². The highest BCUT2D eigenvalue weighted by molar-refractivity contribution is 7.33. The van der Waals surface area contributed by atoms with Crippen LogP contribution in [0.25, 0.3) is 19.5 Å². The number of ether oxygens (including phenoxy) is 1. The van der Waals surface area contributed by atoms with E-state index < -0.39 is 5.91 Å². The van der Waals surface area contributed by atoms with Crippen LogP contribution < -0.4 is 15.8 Å². The fourth-order valence-electron chi connectivity index (χ4n) is 3.12. The van der Waals surface area contributed by atoms with Crippen molar-refractivity contribution in [2.24, 2.45) is 0 Å². The van der Waals surface area contributed by atoms with Gasteiger partial charge in [-0.25, -0.2) is 4.98 Å². The molecule has 5 rings (SSSR count). The molecule has 1 aliphatic rings. The third kappa shape index (κ3) is 3.60. The maximum absolute atomic E-state index is 12.5. The highest BCUT2D eigenvalue weighted by atomic mass is 32.1. The molecular weight excluding hydrogens is 428 g/mol. The molecule has 1 fully saturated rings. The minimum absolute atomic E-state index is 0.287. The molecule has 0 atom stereocenters. The van der Waals surface area contributed by atoms with E-state index in [9.17, 15) is 9.59 Å². The molecule has 2 N–H and O–H groups in total. The van der Waals surface area contributed by atoms with Gasteiger partial charge in [-0.3, -0.25) is 20.4 Å². The van der Waals surface area contributed by atoms with Gasteiger partial charge in [0.05, 0.1) is 22.8 Å². The van der Waals surface area contributed by atoms with Crippen LogP contribution >= 0.6 is 34.0 Å². The number of anilines is 1. The average molecular weight is 445 g/mol. The minimum atomic E-state index is -0.432. The van der Waals surface area contributed by atoms with Crippen molar-refractivity contribution < 1.29 is 14.3 Å². The number of hydrogen-bond donors (Lipinski definition) is 2. The van der Waals surface area contributed by atoms with Crippen molar-refractivity contribution in [2.75, 3.05) is 31.2 Å². The van der Waals surface area contributed by atoms with Crippen molar-refractivity contribution in [2.45, 2.75) is 0 Å². The summed E-state index contributed by atoms with van der Waals surface area (Å²) in [5.41, 5.74) is 5.24. The molecule has 0 radical (unpaired) electrons. The number of hydrazine groups is 1. The Balaban J connectivity index is 1.25. The molecule has 1 aliphatic heterocycles. The number of fused-ring (bicyclic) bond motifs is 3. The monoisotopic (exact) mass is 444 g/mol. The van der Waals surface area contributed by atoms with E-state index in [0.717, 1.165) is 33.0 Å². The summed E-state index contributed by atoms with van der Waals surface area (Å²) in [5.74, 6) is -0.766. The van der Waals surface area contributed by atoms with Crippen LogP contribution in [0.2, 0.25) is 0 Å². The molecule has 1 saturated heterocycles. The van der Waals surface area contributed by atoms with Crippen LogP contribution in [0.15, 0.2) is 35.7 Å². The number of thiophene rings is 2. The van der Waals surface area contributed by atoms with Gasteiger partial charge in [-0.1, -0.05) is 18.2 Å². The number of morpholine rings is 1. The third-order valence-corrected chi connectivity index (χ3v) is 7.88. The number of carbonyl (C=O) groups is 2. The summed E-state index contributed by atoms with van der Waals surface area (Å²) in [4.78, 5) is 31.9. The normalized spacial score (nSPS) is 14.4. The van der Waals surface area contributed by atoms with E-state index >= 15 is 0 Å². The molecule has 3 aromatic heterocycles. The molecule has 29 heavy (non-hydrogen) atoms. The van der Waals surface area contributed by atoms with Gasteiger partial charge in [0.15, 0.2) is 5.13 Å². The number of carbonyl (C=O) groups excluding carboxylic acids is 2. The zero-order valence-electron chi connectivity index (χ0n) is 15.1. The van der Waals surface area contributed by atoms with Crippen LogP contribution in [0, 0.1) is 0 Å². The summed E-state index contributed by atoms with van der Waals surface area (Å²) in [7, 11) is 0. The van der Waals surface area contributed by atoms with E-state index in [4.69, 9.17) is 4.74 Å². The number of nitrogens with one attached hydrogen (secondary N) is 2. The largest absolute Gasteiger partial charge is 0.378 e. The minimum Gasteiger partial charge on any atom is -0.378 e. The smallest absolute Gasteiger partial charge is 0.289 e. The topological polar surface area (TPSA) is 83.6 Å². The molecule has 2 amide bonds. The number of rotatable bonds is 3. The predicted octanol–water partition coefficient (Wildman–Crippen LogP) is 3.48. The Morgan fingerprint density at radius 2 is 1.83 bits per heavy atom. The third-order valence-electron chi connectivity index (χ3n) is 4.57. The van der Waals surface area contributed by atoms with Crippen LogP contribution in [0.5, 0.6) is 0 Å².